The van der Waals surface area contributed by atoms with Crippen LogP contribution in [0.2, 0.25) is 0 Å². The minimum atomic E-state index is -1.56. The summed E-state index contributed by atoms with van der Waals surface area (Å²) in [5.74, 6) is -4.64. The van der Waals surface area contributed by atoms with Gasteiger partial charge in [0, 0.05) is 12.1 Å². The second kappa shape index (κ2) is 5.34. The van der Waals surface area contributed by atoms with Crippen LogP contribution < -0.4 is 5.32 Å². The molecule has 0 atom stereocenters. The van der Waals surface area contributed by atoms with Gasteiger partial charge in [0.1, 0.15) is 0 Å². The molecule has 0 heterocycles. The van der Waals surface area contributed by atoms with Crippen LogP contribution in [-0.2, 0) is 11.2 Å². The van der Waals surface area contributed by atoms with Gasteiger partial charge in [0.15, 0.2) is 17.5 Å². The van der Waals surface area contributed by atoms with Gasteiger partial charge in [0.05, 0.1) is 6.42 Å². The van der Waals surface area contributed by atoms with Crippen LogP contribution in [0.1, 0.15) is 5.56 Å². The molecule has 2 nitrogen and oxygen atoms in total. The molecule has 0 bridgehead atoms. The molecule has 0 spiro atoms. The lowest BCUT2D eigenvalue weighted by Crippen LogP contribution is -2.25. The largest absolute Gasteiger partial charge is 0.352 e. The van der Waals surface area contributed by atoms with Crippen LogP contribution >= 0.6 is 0 Å². The monoisotopic (exact) mass is 229 g/mol. The molecule has 1 aromatic carbocycles. The molecule has 16 heavy (non-hydrogen) atoms. The molecule has 1 amide bonds. The van der Waals surface area contributed by atoms with Crippen LogP contribution in [0, 0.1) is 17.5 Å². The van der Waals surface area contributed by atoms with E-state index in [0.29, 0.717) is 0 Å². The Kier molecular flexibility index (Phi) is 4.10. The van der Waals surface area contributed by atoms with Gasteiger partial charge in [-0.25, -0.2) is 13.2 Å². The van der Waals surface area contributed by atoms with E-state index in [4.69, 9.17) is 0 Å². The van der Waals surface area contributed by atoms with Crippen molar-refractivity contribution < 1.29 is 18.0 Å². The third kappa shape index (κ3) is 2.85. The van der Waals surface area contributed by atoms with Gasteiger partial charge in [-0.15, -0.1) is 6.58 Å². The molecule has 86 valence electrons. The molecule has 0 unspecified atom stereocenters. The summed E-state index contributed by atoms with van der Waals surface area (Å²) >= 11 is 0. The number of carbonyl (C=O) groups excluding carboxylic acids is 1. The topological polar surface area (TPSA) is 29.1 Å². The van der Waals surface area contributed by atoms with E-state index in [0.717, 1.165) is 12.1 Å². The molecule has 1 N–H and O–H groups in total. The zero-order valence-electron chi connectivity index (χ0n) is 8.40. The Morgan fingerprint density at radius 1 is 1.31 bits per heavy atom. The van der Waals surface area contributed by atoms with Gasteiger partial charge in [-0.3, -0.25) is 4.79 Å². The molecular weight excluding hydrogens is 219 g/mol. The second-order valence-corrected chi connectivity index (χ2v) is 3.10. The van der Waals surface area contributed by atoms with Gasteiger partial charge in [0.25, 0.3) is 0 Å². The number of rotatable bonds is 4. The Morgan fingerprint density at radius 2 is 2.00 bits per heavy atom. The number of halogens is 3. The zero-order chi connectivity index (χ0) is 12.1. The fraction of sp³-hybridized carbons (Fsp3) is 0.182. The van der Waals surface area contributed by atoms with Crippen molar-refractivity contribution in [3.8, 4) is 0 Å². The van der Waals surface area contributed by atoms with Crippen LogP contribution in [0.5, 0.6) is 0 Å². The molecule has 1 rings (SSSR count). The van der Waals surface area contributed by atoms with E-state index in [2.05, 4.69) is 11.9 Å². The highest BCUT2D eigenvalue weighted by atomic mass is 19.2. The summed E-state index contributed by atoms with van der Waals surface area (Å²) in [4.78, 5) is 11.2. The van der Waals surface area contributed by atoms with E-state index in [1.54, 1.807) is 0 Å². The van der Waals surface area contributed by atoms with Crippen LogP contribution in [0.3, 0.4) is 0 Å². The fourth-order valence-electron chi connectivity index (χ4n) is 1.12. The maximum Gasteiger partial charge on any atom is 0.224 e. The number of amides is 1. The van der Waals surface area contributed by atoms with E-state index >= 15 is 0 Å². The smallest absolute Gasteiger partial charge is 0.224 e. The summed E-state index contributed by atoms with van der Waals surface area (Å²) in [5, 5.41) is 2.40. The zero-order valence-corrected chi connectivity index (χ0v) is 8.40. The molecule has 1 aromatic rings. The number of hydrogen-bond acceptors (Lipinski definition) is 1. The van der Waals surface area contributed by atoms with E-state index in [9.17, 15) is 18.0 Å². The number of benzene rings is 1. The first-order chi connectivity index (χ1) is 7.56. The second-order valence-electron chi connectivity index (χ2n) is 3.10. The van der Waals surface area contributed by atoms with E-state index in [1.165, 1.54) is 6.08 Å². The van der Waals surface area contributed by atoms with Crippen molar-refractivity contribution in [1.29, 1.82) is 0 Å². The van der Waals surface area contributed by atoms with Crippen molar-refractivity contribution in [3.63, 3.8) is 0 Å². The van der Waals surface area contributed by atoms with E-state index in [-0.39, 0.29) is 18.5 Å². The average Bonchev–Trinajstić information content (AvgIpc) is 2.27. The van der Waals surface area contributed by atoms with Crippen LogP contribution in [0.4, 0.5) is 13.2 Å². The maximum absolute atomic E-state index is 13.1. The third-order valence-electron chi connectivity index (χ3n) is 1.91. The van der Waals surface area contributed by atoms with Gasteiger partial charge in [0.2, 0.25) is 5.91 Å². The Labute approximate surface area is 90.8 Å². The van der Waals surface area contributed by atoms with E-state index in [1.807, 2.05) is 0 Å². The maximum atomic E-state index is 13.1. The van der Waals surface area contributed by atoms with Crippen molar-refractivity contribution >= 4 is 5.91 Å². The first-order valence-corrected chi connectivity index (χ1v) is 4.56. The summed E-state index contributed by atoms with van der Waals surface area (Å²) in [6, 6.07) is 1.83. The lowest BCUT2D eigenvalue weighted by molar-refractivity contribution is -0.120. The summed E-state index contributed by atoms with van der Waals surface area (Å²) < 4.78 is 38.5. The fourth-order valence-corrected chi connectivity index (χ4v) is 1.12. The number of nitrogens with one attached hydrogen (secondary N) is 1. The molecule has 0 saturated carbocycles. The Balaban J connectivity index is 2.78. The summed E-state index contributed by atoms with van der Waals surface area (Å²) in [6.45, 7) is 3.62. The molecule has 0 aliphatic rings. The average molecular weight is 229 g/mol. The molecule has 0 radical (unpaired) electrons. The molecule has 0 aliphatic carbocycles. The summed E-state index contributed by atoms with van der Waals surface area (Å²) in [6.07, 6.45) is 1.12. The first kappa shape index (κ1) is 12.3. The standard InChI is InChI=1S/C11H10F3NO/c1-2-5-15-9(16)6-7-3-4-8(12)11(14)10(7)13/h2-4H,1,5-6H2,(H,15,16). The van der Waals surface area contributed by atoms with Crippen LogP contribution in [0.25, 0.3) is 0 Å². The van der Waals surface area contributed by atoms with Crippen LogP contribution in [-0.4, -0.2) is 12.5 Å². The summed E-state index contributed by atoms with van der Waals surface area (Å²) in [7, 11) is 0. The predicted molar refractivity (Wildman–Crippen MR) is 53.2 cm³/mol. The van der Waals surface area contributed by atoms with Crippen molar-refractivity contribution in [2.75, 3.05) is 6.54 Å². The normalized spacial score (nSPS) is 9.94. The number of carbonyl (C=O) groups is 1. The highest BCUT2D eigenvalue weighted by Gasteiger charge is 2.15. The van der Waals surface area contributed by atoms with Gasteiger partial charge in [-0.05, 0) is 6.07 Å². The quantitative estimate of drug-likeness (QED) is 0.620. The van der Waals surface area contributed by atoms with Crippen molar-refractivity contribution in [2.45, 2.75) is 6.42 Å². The van der Waals surface area contributed by atoms with Crippen molar-refractivity contribution in [1.82, 2.24) is 5.32 Å². The minimum absolute atomic E-state index is 0.180. The molecule has 0 fully saturated rings. The van der Waals surface area contributed by atoms with Gasteiger partial charge in [-0.1, -0.05) is 12.1 Å². The van der Waals surface area contributed by atoms with Gasteiger partial charge < -0.3 is 5.32 Å². The molecular formula is C11H10F3NO. The molecule has 0 aromatic heterocycles. The van der Waals surface area contributed by atoms with E-state index < -0.39 is 23.4 Å². The van der Waals surface area contributed by atoms with Crippen molar-refractivity contribution in [3.05, 3.63) is 47.8 Å². The third-order valence-corrected chi connectivity index (χ3v) is 1.91. The lowest BCUT2D eigenvalue weighted by Gasteiger charge is -2.04. The highest BCUT2D eigenvalue weighted by Crippen LogP contribution is 2.15. The molecule has 0 aliphatic heterocycles. The Hall–Kier alpha value is -1.78. The minimum Gasteiger partial charge on any atom is -0.352 e. The molecule has 0 saturated heterocycles. The van der Waals surface area contributed by atoms with Crippen LogP contribution in [0.15, 0.2) is 24.8 Å². The Morgan fingerprint density at radius 3 is 2.62 bits per heavy atom. The van der Waals surface area contributed by atoms with Gasteiger partial charge >= 0.3 is 0 Å². The summed E-state index contributed by atoms with van der Waals surface area (Å²) in [5.41, 5.74) is -0.180. The molecule has 5 heteroatoms. The first-order valence-electron chi connectivity index (χ1n) is 4.56. The highest BCUT2D eigenvalue weighted by molar-refractivity contribution is 5.78. The number of hydrogen-bond donors (Lipinski definition) is 1. The predicted octanol–water partition coefficient (Wildman–Crippen LogP) is 1.95. The SMILES string of the molecule is C=CCNC(=O)Cc1ccc(F)c(F)c1F. The van der Waals surface area contributed by atoms with Gasteiger partial charge in [-0.2, -0.15) is 0 Å². The van der Waals surface area contributed by atoms with Crippen molar-refractivity contribution in [2.24, 2.45) is 0 Å². The lowest BCUT2D eigenvalue weighted by atomic mass is 10.1. The Bertz CT molecular complexity index is 418.